The molecule has 1 aromatic carbocycles. The average molecular weight is 324 g/mol. The summed E-state index contributed by atoms with van der Waals surface area (Å²) in [6.07, 6.45) is 1.99. The highest BCUT2D eigenvalue weighted by atomic mass is 19.1. The van der Waals surface area contributed by atoms with Crippen molar-refractivity contribution >= 4 is 5.91 Å². The molecule has 2 unspecified atom stereocenters. The predicted molar refractivity (Wildman–Crippen MR) is 85.9 cm³/mol. The Hall–Kier alpha value is -1.50. The van der Waals surface area contributed by atoms with Crippen molar-refractivity contribution in [2.24, 2.45) is 0 Å². The van der Waals surface area contributed by atoms with Crippen LogP contribution in [0.3, 0.4) is 0 Å². The largest absolute Gasteiger partial charge is 0.382 e. The summed E-state index contributed by atoms with van der Waals surface area (Å²) in [5, 5.41) is 6.37. The third-order valence-corrected chi connectivity index (χ3v) is 4.08. The van der Waals surface area contributed by atoms with E-state index in [9.17, 15) is 9.18 Å². The Bertz CT molecular complexity index is 525. The van der Waals surface area contributed by atoms with Gasteiger partial charge in [0.15, 0.2) is 0 Å². The first kappa shape index (κ1) is 17.8. The van der Waals surface area contributed by atoms with Crippen LogP contribution in [0.1, 0.15) is 35.7 Å². The molecule has 0 aromatic heterocycles. The smallest absolute Gasteiger partial charge is 0.251 e. The zero-order valence-corrected chi connectivity index (χ0v) is 13.7. The fourth-order valence-electron chi connectivity index (χ4n) is 2.64. The summed E-state index contributed by atoms with van der Waals surface area (Å²) < 4.78 is 24.0. The Kier molecular flexibility index (Phi) is 6.95. The van der Waals surface area contributed by atoms with Gasteiger partial charge in [-0.2, -0.15) is 0 Å². The summed E-state index contributed by atoms with van der Waals surface area (Å²) in [6.45, 7) is 4.00. The number of carbonyl (C=O) groups is 1. The van der Waals surface area contributed by atoms with Gasteiger partial charge in [0.1, 0.15) is 5.82 Å². The van der Waals surface area contributed by atoms with Crippen LogP contribution in [0.15, 0.2) is 18.2 Å². The summed E-state index contributed by atoms with van der Waals surface area (Å²) in [4.78, 5) is 12.4. The summed E-state index contributed by atoms with van der Waals surface area (Å²) in [5.41, 5.74) is 0.832. The van der Waals surface area contributed by atoms with Crippen LogP contribution in [0, 0.1) is 5.82 Å². The zero-order valence-electron chi connectivity index (χ0n) is 13.7. The van der Waals surface area contributed by atoms with Crippen molar-refractivity contribution in [1.82, 2.24) is 10.6 Å². The van der Waals surface area contributed by atoms with Gasteiger partial charge in [0.05, 0.1) is 19.8 Å². The fourth-order valence-corrected chi connectivity index (χ4v) is 2.64. The molecule has 0 bridgehead atoms. The number of hydrogen-bond donors (Lipinski definition) is 2. The van der Waals surface area contributed by atoms with Crippen molar-refractivity contribution in [2.75, 3.05) is 26.9 Å². The molecule has 23 heavy (non-hydrogen) atoms. The standard InChI is InChI=1S/C17H25FN2O3/c1-12-16(4-3-7-19-12)20-17(21)13-5-6-15(18)14(10-13)11-23-9-8-22-2/h5-6,10,12,16,19H,3-4,7-9,11H2,1-2H3,(H,20,21). The predicted octanol–water partition coefficient (Wildman–Crippen LogP) is 1.86. The third-order valence-electron chi connectivity index (χ3n) is 4.08. The minimum Gasteiger partial charge on any atom is -0.382 e. The quantitative estimate of drug-likeness (QED) is 0.752. The molecule has 0 aliphatic carbocycles. The number of methoxy groups -OCH3 is 1. The summed E-state index contributed by atoms with van der Waals surface area (Å²) in [6, 6.07) is 4.71. The van der Waals surface area contributed by atoms with Gasteiger partial charge in [-0.3, -0.25) is 4.79 Å². The first-order valence-corrected chi connectivity index (χ1v) is 8.01. The number of halogens is 1. The van der Waals surface area contributed by atoms with E-state index in [-0.39, 0.29) is 30.4 Å². The van der Waals surface area contributed by atoms with Crippen molar-refractivity contribution < 1.29 is 18.7 Å². The van der Waals surface area contributed by atoms with Crippen LogP contribution < -0.4 is 10.6 Å². The zero-order chi connectivity index (χ0) is 16.7. The number of benzene rings is 1. The molecule has 1 aromatic rings. The van der Waals surface area contributed by atoms with Crippen LogP contribution in [0.4, 0.5) is 4.39 Å². The van der Waals surface area contributed by atoms with E-state index in [1.54, 1.807) is 13.2 Å². The van der Waals surface area contributed by atoms with Gasteiger partial charge in [-0.25, -0.2) is 4.39 Å². The van der Waals surface area contributed by atoms with Crippen LogP contribution in [0.2, 0.25) is 0 Å². The summed E-state index contributed by atoms with van der Waals surface area (Å²) in [7, 11) is 1.58. The van der Waals surface area contributed by atoms with E-state index in [0.717, 1.165) is 19.4 Å². The van der Waals surface area contributed by atoms with Crippen molar-refractivity contribution in [1.29, 1.82) is 0 Å². The lowest BCUT2D eigenvalue weighted by Gasteiger charge is -2.30. The second-order valence-electron chi connectivity index (χ2n) is 5.82. The first-order valence-electron chi connectivity index (χ1n) is 8.01. The van der Waals surface area contributed by atoms with Crippen LogP contribution in [0.25, 0.3) is 0 Å². The van der Waals surface area contributed by atoms with Crippen LogP contribution in [-0.2, 0) is 16.1 Å². The Morgan fingerprint density at radius 3 is 3.00 bits per heavy atom. The number of rotatable bonds is 7. The first-order chi connectivity index (χ1) is 11.1. The van der Waals surface area contributed by atoms with Gasteiger partial charge in [0.25, 0.3) is 5.91 Å². The molecule has 1 fully saturated rings. The summed E-state index contributed by atoms with van der Waals surface area (Å²) in [5.74, 6) is -0.546. The molecule has 5 nitrogen and oxygen atoms in total. The highest BCUT2D eigenvalue weighted by Crippen LogP contribution is 2.14. The lowest BCUT2D eigenvalue weighted by atomic mass is 9.99. The number of hydrogen-bond acceptors (Lipinski definition) is 4. The third kappa shape index (κ3) is 5.27. The minimum atomic E-state index is -0.369. The molecule has 2 atom stereocenters. The molecule has 1 saturated heterocycles. The molecule has 6 heteroatoms. The highest BCUT2D eigenvalue weighted by molar-refractivity contribution is 5.94. The highest BCUT2D eigenvalue weighted by Gasteiger charge is 2.23. The Balaban J connectivity index is 1.96. The summed E-state index contributed by atoms with van der Waals surface area (Å²) >= 11 is 0. The maximum Gasteiger partial charge on any atom is 0.251 e. The molecular weight excluding hydrogens is 299 g/mol. The normalized spacial score (nSPS) is 21.2. The molecule has 1 aliphatic rings. The lowest BCUT2D eigenvalue weighted by Crippen LogP contribution is -2.51. The number of carbonyl (C=O) groups excluding carboxylic acids is 1. The van der Waals surface area contributed by atoms with Crippen LogP contribution >= 0.6 is 0 Å². The fraction of sp³-hybridized carbons (Fsp3) is 0.588. The van der Waals surface area contributed by atoms with Gasteiger partial charge in [-0.1, -0.05) is 0 Å². The van der Waals surface area contributed by atoms with E-state index in [4.69, 9.17) is 9.47 Å². The monoisotopic (exact) mass is 324 g/mol. The number of amides is 1. The van der Waals surface area contributed by atoms with E-state index in [1.807, 2.05) is 0 Å². The topological polar surface area (TPSA) is 59.6 Å². The maximum absolute atomic E-state index is 13.8. The van der Waals surface area contributed by atoms with Gasteiger partial charge in [0, 0.05) is 30.3 Å². The lowest BCUT2D eigenvalue weighted by molar-refractivity contribution is 0.0603. The molecule has 0 spiro atoms. The van der Waals surface area contributed by atoms with Crippen molar-refractivity contribution in [2.45, 2.75) is 38.5 Å². The molecule has 2 N–H and O–H groups in total. The molecule has 1 amide bonds. The second-order valence-corrected chi connectivity index (χ2v) is 5.82. The van der Waals surface area contributed by atoms with Gasteiger partial charge in [-0.15, -0.1) is 0 Å². The SMILES string of the molecule is COCCOCc1cc(C(=O)NC2CCCNC2C)ccc1F. The van der Waals surface area contributed by atoms with Gasteiger partial charge in [0.2, 0.25) is 0 Å². The average Bonchev–Trinajstić information content (AvgIpc) is 2.55. The van der Waals surface area contributed by atoms with Gasteiger partial charge in [-0.05, 0) is 44.5 Å². The molecule has 0 radical (unpaired) electrons. The molecular formula is C17H25FN2O3. The Morgan fingerprint density at radius 1 is 1.43 bits per heavy atom. The number of nitrogens with one attached hydrogen (secondary N) is 2. The maximum atomic E-state index is 13.8. The van der Waals surface area contributed by atoms with Gasteiger partial charge < -0.3 is 20.1 Å². The number of ether oxygens (including phenoxy) is 2. The molecule has 1 aliphatic heterocycles. The Morgan fingerprint density at radius 2 is 2.26 bits per heavy atom. The van der Waals surface area contributed by atoms with E-state index in [0.29, 0.717) is 24.3 Å². The molecule has 1 heterocycles. The van der Waals surface area contributed by atoms with E-state index in [1.165, 1.54) is 12.1 Å². The second kappa shape index (κ2) is 8.96. The molecule has 0 saturated carbocycles. The number of piperidine rings is 1. The van der Waals surface area contributed by atoms with E-state index in [2.05, 4.69) is 17.6 Å². The molecule has 2 rings (SSSR count). The van der Waals surface area contributed by atoms with Crippen molar-refractivity contribution in [3.05, 3.63) is 35.1 Å². The molecule has 128 valence electrons. The van der Waals surface area contributed by atoms with E-state index < -0.39 is 0 Å². The van der Waals surface area contributed by atoms with Crippen LogP contribution in [0.5, 0.6) is 0 Å². The van der Waals surface area contributed by atoms with Gasteiger partial charge >= 0.3 is 0 Å². The minimum absolute atomic E-state index is 0.0997. The van der Waals surface area contributed by atoms with E-state index >= 15 is 0 Å². The van der Waals surface area contributed by atoms with Crippen LogP contribution in [-0.4, -0.2) is 44.9 Å². The Labute approximate surface area is 136 Å². The van der Waals surface area contributed by atoms with Crippen molar-refractivity contribution in [3.8, 4) is 0 Å². The van der Waals surface area contributed by atoms with Crippen molar-refractivity contribution in [3.63, 3.8) is 0 Å².